The lowest BCUT2D eigenvalue weighted by Crippen LogP contribution is -2.38. The number of sulfone groups is 1. The summed E-state index contributed by atoms with van der Waals surface area (Å²) in [6.07, 6.45) is -0.359. The van der Waals surface area contributed by atoms with Crippen molar-refractivity contribution in [1.82, 2.24) is 4.90 Å². The van der Waals surface area contributed by atoms with E-state index in [9.17, 15) is 32.3 Å². The summed E-state index contributed by atoms with van der Waals surface area (Å²) in [5, 5.41) is 13.9. The lowest BCUT2D eigenvalue weighted by molar-refractivity contribution is -0.133. The van der Waals surface area contributed by atoms with Gasteiger partial charge >= 0.3 is 6.09 Å². The molecule has 2 atom stereocenters. The van der Waals surface area contributed by atoms with Crippen molar-refractivity contribution in [1.29, 1.82) is 0 Å². The number of likely N-dealkylation sites (tertiary alicyclic amines) is 1. The van der Waals surface area contributed by atoms with Gasteiger partial charge in [-0.1, -0.05) is 12.1 Å². The number of nitrogens with one attached hydrogen (secondary N) is 2. The molecule has 1 aliphatic rings. The van der Waals surface area contributed by atoms with E-state index in [1.807, 2.05) is 0 Å². The Hall–Kier alpha value is -4.65. The minimum Gasteiger partial charge on any atom is -0.494 e. The van der Waals surface area contributed by atoms with Crippen LogP contribution in [0.2, 0.25) is 0 Å². The van der Waals surface area contributed by atoms with Crippen molar-refractivity contribution in [3.05, 3.63) is 83.2 Å². The average molecular weight is 613 g/mol. The molecular formula is C30H33FN4O7S. The first-order valence-electron chi connectivity index (χ1n) is 13.5. The number of carbonyl (C=O) groups is 3. The molecule has 0 bridgehead atoms. The van der Waals surface area contributed by atoms with Gasteiger partial charge in [0, 0.05) is 23.5 Å². The molecule has 1 heterocycles. The van der Waals surface area contributed by atoms with Gasteiger partial charge in [-0.25, -0.2) is 17.6 Å². The molecule has 3 amide bonds. The van der Waals surface area contributed by atoms with Crippen LogP contribution in [-0.2, 0) is 14.6 Å². The van der Waals surface area contributed by atoms with Crippen LogP contribution >= 0.6 is 0 Å². The zero-order chi connectivity index (χ0) is 31.5. The number of rotatable bonds is 10. The molecule has 228 valence electrons. The first kappa shape index (κ1) is 31.3. The second-order valence-electron chi connectivity index (χ2n) is 10.4. The molecule has 13 heteroatoms. The summed E-state index contributed by atoms with van der Waals surface area (Å²) in [4.78, 5) is 39.1. The number of halogens is 1. The summed E-state index contributed by atoms with van der Waals surface area (Å²) in [6.45, 7) is 3.36. The van der Waals surface area contributed by atoms with Crippen LogP contribution in [0.5, 0.6) is 5.75 Å². The van der Waals surface area contributed by atoms with E-state index < -0.39 is 50.9 Å². The van der Waals surface area contributed by atoms with E-state index in [4.69, 9.17) is 10.5 Å². The molecule has 0 spiro atoms. The molecule has 1 aliphatic heterocycles. The summed E-state index contributed by atoms with van der Waals surface area (Å²) in [6, 6.07) is 12.6. The molecule has 43 heavy (non-hydrogen) atoms. The van der Waals surface area contributed by atoms with Crippen molar-refractivity contribution in [3.63, 3.8) is 0 Å². The Bertz CT molecular complexity index is 1660. The first-order chi connectivity index (χ1) is 20.3. The second kappa shape index (κ2) is 12.7. The Morgan fingerprint density at radius 3 is 2.47 bits per heavy atom. The van der Waals surface area contributed by atoms with Gasteiger partial charge in [0.15, 0.2) is 21.4 Å². The number of methoxy groups -OCH3 is 1. The third-order valence-corrected chi connectivity index (χ3v) is 9.52. The number of primary amides is 1. The Morgan fingerprint density at radius 1 is 1.07 bits per heavy atom. The molecule has 11 nitrogen and oxygen atoms in total. The first-order valence-corrected chi connectivity index (χ1v) is 15.1. The number of hydrogen-bond acceptors (Lipinski definition) is 7. The zero-order valence-electron chi connectivity index (χ0n) is 23.8. The number of hydrogen-bond donors (Lipinski definition) is 4. The maximum Gasteiger partial charge on any atom is 0.409 e. The van der Waals surface area contributed by atoms with E-state index in [2.05, 4.69) is 10.6 Å². The molecule has 0 aromatic heterocycles. The Morgan fingerprint density at radius 2 is 1.81 bits per heavy atom. The summed E-state index contributed by atoms with van der Waals surface area (Å²) < 4.78 is 46.2. The van der Waals surface area contributed by atoms with Crippen molar-refractivity contribution in [2.45, 2.75) is 48.9 Å². The number of nitrogens with zero attached hydrogens (tertiary/aromatic N) is 1. The Kier molecular flexibility index (Phi) is 9.24. The van der Waals surface area contributed by atoms with Crippen LogP contribution in [0.3, 0.4) is 0 Å². The van der Waals surface area contributed by atoms with Crippen LogP contribution in [0.25, 0.3) is 0 Å². The third-order valence-electron chi connectivity index (χ3n) is 7.30. The van der Waals surface area contributed by atoms with E-state index in [1.54, 1.807) is 26.0 Å². The van der Waals surface area contributed by atoms with Crippen molar-refractivity contribution >= 4 is 39.1 Å². The Balaban J connectivity index is 1.82. The number of amides is 3. The van der Waals surface area contributed by atoms with E-state index in [1.165, 1.54) is 60.5 Å². The predicted octanol–water partition coefficient (Wildman–Crippen LogP) is 4.72. The fourth-order valence-electron chi connectivity index (χ4n) is 5.12. The monoisotopic (exact) mass is 612 g/mol. The topological polar surface area (TPSA) is 168 Å². The van der Waals surface area contributed by atoms with E-state index in [0.717, 1.165) is 0 Å². The predicted molar refractivity (Wildman–Crippen MR) is 158 cm³/mol. The second-order valence-corrected chi connectivity index (χ2v) is 12.9. The fraction of sp³-hybridized carbons (Fsp3) is 0.300. The fourth-order valence-corrected chi connectivity index (χ4v) is 6.40. The standard InChI is InChI=1S/C30H33FN4O7S/c1-17(2)43(40,41)26-12-10-21(34-30(38)39)16-22(26)24-8-5-13-35(24)29(37)27(18-9-11-23(31)25(15-18)42-3)33-20-7-4-6-19(14-20)28(32)36/h4,6-7,9-12,14-17,24,27,33-34H,5,8,13H2,1-3H3,(H2,32,36)(H,38,39)/t24-,27+/m1/s1. The highest BCUT2D eigenvalue weighted by Gasteiger charge is 2.38. The Labute approximate surface area is 248 Å². The minimum atomic E-state index is -3.82. The van der Waals surface area contributed by atoms with Gasteiger partial charge in [0.2, 0.25) is 11.8 Å². The van der Waals surface area contributed by atoms with Crippen LogP contribution in [0.15, 0.2) is 65.6 Å². The van der Waals surface area contributed by atoms with Crippen molar-refractivity contribution < 1.29 is 37.0 Å². The molecule has 3 aromatic rings. The van der Waals surface area contributed by atoms with Crippen LogP contribution in [-0.4, -0.2) is 55.2 Å². The summed E-state index contributed by atoms with van der Waals surface area (Å²) in [5.74, 6) is -1.83. The van der Waals surface area contributed by atoms with Gasteiger partial charge in [-0.3, -0.25) is 14.9 Å². The summed E-state index contributed by atoms with van der Waals surface area (Å²) >= 11 is 0. The van der Waals surface area contributed by atoms with Gasteiger partial charge in [0.25, 0.3) is 0 Å². The summed E-state index contributed by atoms with van der Waals surface area (Å²) in [7, 11) is -2.52. The summed E-state index contributed by atoms with van der Waals surface area (Å²) in [5.41, 5.74) is 6.85. The van der Waals surface area contributed by atoms with Crippen molar-refractivity contribution in [2.24, 2.45) is 5.73 Å². The SMILES string of the molecule is COc1cc([C@H](Nc2cccc(C(N)=O)c2)C(=O)N2CCC[C@@H]2c2cc(NC(=O)O)ccc2S(=O)(=O)C(C)C)ccc1F. The smallest absolute Gasteiger partial charge is 0.409 e. The normalized spacial score (nSPS) is 15.7. The van der Waals surface area contributed by atoms with Crippen molar-refractivity contribution in [2.75, 3.05) is 24.3 Å². The van der Waals surface area contributed by atoms with Crippen LogP contribution in [0.4, 0.5) is 20.6 Å². The maximum absolute atomic E-state index is 14.4. The van der Waals surface area contributed by atoms with Gasteiger partial charge in [-0.05, 0) is 86.3 Å². The highest BCUT2D eigenvalue weighted by Crippen LogP contribution is 2.40. The lowest BCUT2D eigenvalue weighted by Gasteiger charge is -2.32. The number of carboxylic acid groups (broad SMARTS) is 1. The van der Waals surface area contributed by atoms with Crippen LogP contribution in [0, 0.1) is 5.82 Å². The van der Waals surface area contributed by atoms with Gasteiger partial charge in [0.1, 0.15) is 6.04 Å². The number of carbonyl (C=O) groups excluding carboxylic acids is 2. The molecule has 3 aromatic carbocycles. The van der Waals surface area contributed by atoms with Crippen LogP contribution in [0.1, 0.15) is 60.3 Å². The number of ether oxygens (including phenoxy) is 1. The molecule has 0 unspecified atom stereocenters. The lowest BCUT2D eigenvalue weighted by atomic mass is 10.0. The van der Waals surface area contributed by atoms with Crippen LogP contribution < -0.4 is 21.1 Å². The zero-order valence-corrected chi connectivity index (χ0v) is 24.7. The quantitative estimate of drug-likeness (QED) is 0.255. The molecule has 0 radical (unpaired) electrons. The van der Waals surface area contributed by atoms with Gasteiger partial charge in [0.05, 0.1) is 23.3 Å². The maximum atomic E-state index is 14.4. The highest BCUT2D eigenvalue weighted by atomic mass is 32.2. The van der Waals surface area contributed by atoms with E-state index >= 15 is 0 Å². The molecule has 1 saturated heterocycles. The number of nitrogens with two attached hydrogens (primary N) is 1. The molecule has 0 aliphatic carbocycles. The number of benzene rings is 3. The molecular weight excluding hydrogens is 579 g/mol. The molecule has 1 fully saturated rings. The molecule has 4 rings (SSSR count). The average Bonchev–Trinajstić information content (AvgIpc) is 3.45. The van der Waals surface area contributed by atoms with Gasteiger partial charge < -0.3 is 25.8 Å². The van der Waals surface area contributed by atoms with E-state index in [-0.39, 0.29) is 34.0 Å². The largest absolute Gasteiger partial charge is 0.494 e. The van der Waals surface area contributed by atoms with Gasteiger partial charge in [-0.15, -0.1) is 0 Å². The number of anilines is 2. The minimum absolute atomic E-state index is 0.00487. The van der Waals surface area contributed by atoms with Gasteiger partial charge in [-0.2, -0.15) is 0 Å². The molecule has 5 N–H and O–H groups in total. The molecule has 0 saturated carbocycles. The van der Waals surface area contributed by atoms with Crippen molar-refractivity contribution in [3.8, 4) is 5.75 Å². The third kappa shape index (κ3) is 6.72. The highest BCUT2D eigenvalue weighted by molar-refractivity contribution is 7.92. The van der Waals surface area contributed by atoms with E-state index in [0.29, 0.717) is 24.1 Å².